The van der Waals surface area contributed by atoms with E-state index in [-0.39, 0.29) is 0 Å². The van der Waals surface area contributed by atoms with Crippen molar-refractivity contribution in [1.82, 2.24) is 0 Å². The maximum atomic E-state index is 9.88. The lowest BCUT2D eigenvalue weighted by Crippen LogP contribution is -2.65. The Morgan fingerprint density at radius 2 is 1.17 bits per heavy atom. The molecule has 11 nitrogen and oxygen atoms in total. The lowest BCUT2D eigenvalue weighted by atomic mass is 9.97. The number of nitrogens with two attached hydrogens (primary N) is 1. The van der Waals surface area contributed by atoms with Gasteiger partial charge in [0.05, 0.1) is 19.3 Å². The van der Waals surface area contributed by atoms with Crippen LogP contribution in [0.5, 0.6) is 0 Å². The fraction of sp³-hybridized carbons (Fsp3) is 1.00. The van der Waals surface area contributed by atoms with Gasteiger partial charge in [-0.05, 0) is 0 Å². The summed E-state index contributed by atoms with van der Waals surface area (Å²) in [5, 5.41) is 67.0. The summed E-state index contributed by atoms with van der Waals surface area (Å²) in [6.45, 7) is -1.25. The van der Waals surface area contributed by atoms with E-state index in [9.17, 15) is 25.5 Å². The predicted octanol–water partition coefficient (Wildman–Crippen LogP) is -5.43. The van der Waals surface area contributed by atoms with Crippen molar-refractivity contribution < 1.29 is 50.0 Å². The van der Waals surface area contributed by atoms with Gasteiger partial charge in [0.1, 0.15) is 42.7 Å². The van der Waals surface area contributed by atoms with Gasteiger partial charge in [-0.3, -0.25) is 0 Å². The van der Waals surface area contributed by atoms with Crippen molar-refractivity contribution in [3.63, 3.8) is 0 Å². The van der Waals surface area contributed by atoms with Crippen molar-refractivity contribution >= 4 is 0 Å². The molecule has 136 valence electrons. The Bertz CT molecular complexity index is 349. The highest BCUT2D eigenvalue weighted by Gasteiger charge is 2.48. The third-order valence-electron chi connectivity index (χ3n) is 4.05. The molecular formula is C12H23NO10. The highest BCUT2D eigenvalue weighted by Crippen LogP contribution is 2.27. The first kappa shape index (κ1) is 18.9. The summed E-state index contributed by atoms with van der Waals surface area (Å²) < 4.78 is 15.6. The molecular weight excluding hydrogens is 318 g/mol. The van der Waals surface area contributed by atoms with Crippen molar-refractivity contribution in [1.29, 1.82) is 0 Å². The van der Waals surface area contributed by atoms with Crippen LogP contribution in [0.15, 0.2) is 0 Å². The van der Waals surface area contributed by atoms with Gasteiger partial charge in [0, 0.05) is 0 Å². The van der Waals surface area contributed by atoms with Gasteiger partial charge in [-0.25, -0.2) is 0 Å². The fourth-order valence-corrected chi connectivity index (χ4v) is 2.54. The first-order chi connectivity index (χ1) is 10.8. The molecule has 0 aliphatic carbocycles. The van der Waals surface area contributed by atoms with Crippen molar-refractivity contribution in [3.8, 4) is 0 Å². The highest BCUT2D eigenvalue weighted by molar-refractivity contribution is 4.93. The van der Waals surface area contributed by atoms with Crippen LogP contribution < -0.4 is 5.73 Å². The van der Waals surface area contributed by atoms with Crippen LogP contribution in [0.25, 0.3) is 0 Å². The largest absolute Gasteiger partial charge is 0.394 e. The van der Waals surface area contributed by atoms with Crippen molar-refractivity contribution in [3.05, 3.63) is 0 Å². The summed E-state index contributed by atoms with van der Waals surface area (Å²) in [4.78, 5) is 0. The Morgan fingerprint density at radius 1 is 0.696 bits per heavy atom. The zero-order valence-electron chi connectivity index (χ0n) is 12.1. The van der Waals surface area contributed by atoms with E-state index in [4.69, 9.17) is 30.2 Å². The van der Waals surface area contributed by atoms with E-state index in [1.165, 1.54) is 0 Å². The maximum absolute atomic E-state index is 9.88. The predicted molar refractivity (Wildman–Crippen MR) is 70.6 cm³/mol. The molecule has 0 saturated carbocycles. The molecule has 2 aliphatic heterocycles. The van der Waals surface area contributed by atoms with Gasteiger partial charge in [-0.1, -0.05) is 0 Å². The minimum atomic E-state index is -1.67. The lowest BCUT2D eigenvalue weighted by molar-refractivity contribution is -0.361. The van der Waals surface area contributed by atoms with E-state index in [1.54, 1.807) is 0 Å². The first-order valence-electron chi connectivity index (χ1n) is 7.15. The Kier molecular flexibility index (Phi) is 6.27. The van der Waals surface area contributed by atoms with Crippen LogP contribution in [0.1, 0.15) is 0 Å². The molecule has 11 heteroatoms. The van der Waals surface area contributed by atoms with Crippen molar-refractivity contribution in [2.75, 3.05) is 13.2 Å². The molecule has 0 aromatic carbocycles. The molecule has 23 heavy (non-hydrogen) atoms. The Morgan fingerprint density at radius 3 is 1.70 bits per heavy atom. The standard InChI is InChI=1S/C12H23NO10/c13-5-8(18)6(16)3(1-14)21-11(5)23-12-10(20)9(19)7(17)4(2-15)22-12/h3-12,14-20H,1-2,13H2/t3?,4?,5-,6-,7-,8?,9+,10?,11-,12-/m1/s1. The van der Waals surface area contributed by atoms with E-state index < -0.39 is 74.6 Å². The summed E-state index contributed by atoms with van der Waals surface area (Å²) in [7, 11) is 0. The first-order valence-corrected chi connectivity index (χ1v) is 7.15. The van der Waals surface area contributed by atoms with Gasteiger partial charge in [0.2, 0.25) is 0 Å². The van der Waals surface area contributed by atoms with Crippen LogP contribution in [-0.2, 0) is 14.2 Å². The molecule has 0 aromatic rings. The van der Waals surface area contributed by atoms with Gasteiger partial charge in [-0.15, -0.1) is 0 Å². The molecule has 2 aliphatic rings. The molecule has 0 aromatic heterocycles. The number of aliphatic hydroxyl groups excluding tert-OH is 7. The Balaban J connectivity index is 2.07. The molecule has 10 atom stereocenters. The van der Waals surface area contributed by atoms with Crippen LogP contribution in [0.3, 0.4) is 0 Å². The van der Waals surface area contributed by atoms with Crippen LogP contribution in [-0.4, -0.2) is 110 Å². The van der Waals surface area contributed by atoms with Gasteiger partial charge < -0.3 is 55.7 Å². The summed E-state index contributed by atoms with van der Waals surface area (Å²) >= 11 is 0. The van der Waals surface area contributed by atoms with Crippen LogP contribution in [0.2, 0.25) is 0 Å². The van der Waals surface area contributed by atoms with E-state index in [1.807, 2.05) is 0 Å². The molecule has 2 rings (SSSR count). The van der Waals surface area contributed by atoms with E-state index in [0.717, 1.165) is 0 Å². The van der Waals surface area contributed by atoms with Gasteiger partial charge >= 0.3 is 0 Å². The van der Waals surface area contributed by atoms with E-state index in [2.05, 4.69) is 0 Å². The molecule has 0 radical (unpaired) electrons. The Labute approximate surface area is 131 Å². The van der Waals surface area contributed by atoms with Gasteiger partial charge in [0.25, 0.3) is 0 Å². The smallest absolute Gasteiger partial charge is 0.189 e. The summed E-state index contributed by atoms with van der Waals surface area (Å²) in [5.74, 6) is 0. The van der Waals surface area contributed by atoms with Crippen LogP contribution in [0, 0.1) is 0 Å². The SMILES string of the molecule is N[C@@H]1C(O)[C@H](O)C(CO)O[C@@H]1O[C@H]1OC(CO)[C@@H](O)[C@H](O)C1O. The molecule has 4 unspecified atom stereocenters. The number of rotatable bonds is 4. The normalized spacial score (nSPS) is 51.7. The zero-order valence-corrected chi connectivity index (χ0v) is 12.1. The average molecular weight is 341 g/mol. The van der Waals surface area contributed by atoms with E-state index >= 15 is 0 Å². The second kappa shape index (κ2) is 7.63. The summed E-state index contributed by atoms with van der Waals surface area (Å²) in [6, 6.07) is -1.22. The third-order valence-corrected chi connectivity index (χ3v) is 4.05. The topological polar surface area (TPSA) is 195 Å². The number of hydrogen-bond acceptors (Lipinski definition) is 11. The molecule has 0 spiro atoms. The number of hydrogen-bond donors (Lipinski definition) is 8. The summed E-state index contributed by atoms with van der Waals surface area (Å²) in [5.41, 5.74) is 5.68. The summed E-state index contributed by atoms with van der Waals surface area (Å²) in [6.07, 6.45) is -13.0. The lowest BCUT2D eigenvalue weighted by Gasteiger charge is -2.45. The monoisotopic (exact) mass is 341 g/mol. The van der Waals surface area contributed by atoms with Crippen LogP contribution >= 0.6 is 0 Å². The quantitative estimate of drug-likeness (QED) is 0.243. The molecule has 2 heterocycles. The average Bonchev–Trinajstić information content (AvgIpc) is 2.55. The minimum Gasteiger partial charge on any atom is -0.394 e. The zero-order chi connectivity index (χ0) is 17.3. The molecule has 9 N–H and O–H groups in total. The van der Waals surface area contributed by atoms with Crippen molar-refractivity contribution in [2.24, 2.45) is 5.73 Å². The Hall–Kier alpha value is -0.440. The minimum absolute atomic E-state index is 0.612. The van der Waals surface area contributed by atoms with Crippen LogP contribution in [0.4, 0.5) is 0 Å². The molecule has 0 amide bonds. The van der Waals surface area contributed by atoms with Gasteiger partial charge in [-0.2, -0.15) is 0 Å². The number of ether oxygens (including phenoxy) is 3. The highest BCUT2D eigenvalue weighted by atomic mass is 16.8. The van der Waals surface area contributed by atoms with E-state index in [0.29, 0.717) is 0 Å². The fourth-order valence-electron chi connectivity index (χ4n) is 2.54. The molecule has 2 saturated heterocycles. The van der Waals surface area contributed by atoms with Crippen molar-refractivity contribution in [2.45, 2.75) is 61.3 Å². The molecule has 2 fully saturated rings. The third kappa shape index (κ3) is 3.65. The van der Waals surface area contributed by atoms with Gasteiger partial charge in [0.15, 0.2) is 12.6 Å². The second-order valence-electron chi connectivity index (χ2n) is 5.62. The second-order valence-corrected chi connectivity index (χ2v) is 5.62. The maximum Gasteiger partial charge on any atom is 0.189 e. The number of aliphatic hydroxyl groups is 7. The molecule has 0 bridgehead atoms.